The molecular formula is C35H33F3N4O8S. The van der Waals surface area contributed by atoms with E-state index in [4.69, 9.17) is 24.2 Å². The minimum Gasteiger partial charge on any atom is -0.480 e. The molecule has 3 aromatic rings. The molecule has 1 aliphatic heterocycles. The first-order valence-electron chi connectivity index (χ1n) is 15.7. The topological polar surface area (TPSA) is 163 Å². The number of aromatic nitrogens is 3. The summed E-state index contributed by atoms with van der Waals surface area (Å²) in [5.74, 6) is -6.68. The molecule has 0 radical (unpaired) electrons. The summed E-state index contributed by atoms with van der Waals surface area (Å²) in [6.07, 6.45) is 7.93. The molecule has 0 unspecified atom stereocenters. The number of allylic oxidation sites excluding steroid dienone is 2. The second kappa shape index (κ2) is 15.9. The van der Waals surface area contributed by atoms with Crippen LogP contribution in [-0.4, -0.2) is 74.4 Å². The summed E-state index contributed by atoms with van der Waals surface area (Å²) in [4.78, 5) is 41.8. The molecule has 1 saturated heterocycles. The van der Waals surface area contributed by atoms with Gasteiger partial charge in [0, 0.05) is 35.3 Å². The van der Waals surface area contributed by atoms with Crippen LogP contribution < -0.4 is 0 Å². The van der Waals surface area contributed by atoms with Crippen molar-refractivity contribution in [3.05, 3.63) is 101 Å². The number of carboxylic acid groups (broad SMARTS) is 1. The highest BCUT2D eigenvalue weighted by molar-refractivity contribution is 8.00. The summed E-state index contributed by atoms with van der Waals surface area (Å²) in [6.45, 7) is 2.41. The quantitative estimate of drug-likeness (QED) is 0.138. The van der Waals surface area contributed by atoms with E-state index in [-0.39, 0.29) is 49.5 Å². The van der Waals surface area contributed by atoms with Gasteiger partial charge < -0.3 is 24.1 Å². The molecule has 1 aromatic heterocycles. The number of ether oxygens (including phenoxy) is 4. The van der Waals surface area contributed by atoms with Crippen molar-refractivity contribution in [2.45, 2.75) is 49.2 Å². The molecule has 2 fully saturated rings. The molecule has 1 saturated carbocycles. The van der Waals surface area contributed by atoms with Crippen LogP contribution in [0.4, 0.5) is 13.2 Å². The number of aliphatic carboxylic acids is 1. The van der Waals surface area contributed by atoms with Gasteiger partial charge in [0.25, 0.3) is 0 Å². The number of carbonyl (C=O) groups is 3. The van der Waals surface area contributed by atoms with Gasteiger partial charge in [0.05, 0.1) is 43.2 Å². The zero-order valence-corrected chi connectivity index (χ0v) is 28.2. The van der Waals surface area contributed by atoms with E-state index in [1.807, 2.05) is 6.07 Å². The Balaban J connectivity index is 1.36. The van der Waals surface area contributed by atoms with E-state index in [1.54, 1.807) is 25.2 Å². The lowest BCUT2D eigenvalue weighted by atomic mass is 9.88. The molecule has 16 heteroatoms. The second-order valence-corrected chi connectivity index (χ2v) is 13.6. The van der Waals surface area contributed by atoms with E-state index >= 15 is 4.39 Å². The molecule has 12 nitrogen and oxygen atoms in total. The van der Waals surface area contributed by atoms with Gasteiger partial charge in [-0.1, -0.05) is 24.3 Å². The number of benzene rings is 2. The molecule has 51 heavy (non-hydrogen) atoms. The predicted molar refractivity (Wildman–Crippen MR) is 175 cm³/mol. The molecule has 2 aliphatic rings. The van der Waals surface area contributed by atoms with Crippen LogP contribution in [0.3, 0.4) is 0 Å². The average molecular weight is 727 g/mol. The predicted octanol–water partition coefficient (Wildman–Crippen LogP) is 4.79. The first kappa shape index (κ1) is 37.3. The number of thioether (sulfide) groups is 1. The summed E-state index contributed by atoms with van der Waals surface area (Å²) in [5.41, 5.74) is -3.76. The van der Waals surface area contributed by atoms with Crippen LogP contribution in [0.15, 0.2) is 67.3 Å². The number of esters is 2. The monoisotopic (exact) mass is 726 g/mol. The highest BCUT2D eigenvalue weighted by atomic mass is 32.2. The third-order valence-corrected chi connectivity index (χ3v) is 10.0. The Bertz CT molecular complexity index is 1860. The number of rotatable bonds is 14. The van der Waals surface area contributed by atoms with Crippen LogP contribution in [0.1, 0.15) is 37.0 Å². The number of nitrogens with zero attached hydrogens (tertiary/aromatic N) is 4. The van der Waals surface area contributed by atoms with Crippen molar-refractivity contribution in [1.82, 2.24) is 14.8 Å². The van der Waals surface area contributed by atoms with Gasteiger partial charge in [0.2, 0.25) is 0 Å². The Hall–Kier alpha value is -4.98. The molecule has 0 amide bonds. The van der Waals surface area contributed by atoms with Gasteiger partial charge in [0.1, 0.15) is 30.1 Å². The van der Waals surface area contributed by atoms with Gasteiger partial charge in [-0.25, -0.2) is 22.8 Å². The van der Waals surface area contributed by atoms with Crippen LogP contribution in [0.5, 0.6) is 0 Å². The Morgan fingerprint density at radius 1 is 1.18 bits per heavy atom. The van der Waals surface area contributed by atoms with Crippen LogP contribution >= 0.6 is 11.8 Å². The van der Waals surface area contributed by atoms with E-state index in [1.165, 1.54) is 47.3 Å². The highest BCUT2D eigenvalue weighted by Crippen LogP contribution is 2.56. The molecule has 1 N–H and O–H groups in total. The van der Waals surface area contributed by atoms with Crippen LogP contribution in [0, 0.1) is 40.1 Å². The molecule has 5 rings (SSSR count). The van der Waals surface area contributed by atoms with Crippen molar-refractivity contribution < 1.29 is 51.6 Å². The van der Waals surface area contributed by atoms with Crippen molar-refractivity contribution >= 4 is 35.7 Å². The minimum atomic E-state index is -2.07. The van der Waals surface area contributed by atoms with Crippen molar-refractivity contribution in [3.63, 3.8) is 0 Å². The zero-order valence-electron chi connectivity index (χ0n) is 27.4. The maximum atomic E-state index is 15.7. The fraction of sp³-hybridized carbons (Fsp3) is 0.371. The maximum absolute atomic E-state index is 15.7. The summed E-state index contributed by atoms with van der Waals surface area (Å²) in [7, 11) is 0. The molecule has 2 aromatic carbocycles. The smallest absolute Gasteiger partial charge is 0.324 e. The number of halogens is 3. The molecule has 1 aliphatic carbocycles. The molecule has 0 spiro atoms. The van der Waals surface area contributed by atoms with Crippen molar-refractivity contribution in [1.29, 1.82) is 5.26 Å². The lowest BCUT2D eigenvalue weighted by molar-refractivity contribution is -0.178. The van der Waals surface area contributed by atoms with Crippen LogP contribution in [0.2, 0.25) is 0 Å². The number of carboxylic acids is 1. The summed E-state index contributed by atoms with van der Waals surface area (Å²) >= 11 is 1.22. The van der Waals surface area contributed by atoms with Gasteiger partial charge in [-0.05, 0) is 43.7 Å². The zero-order chi connectivity index (χ0) is 36.8. The van der Waals surface area contributed by atoms with E-state index < -0.39 is 69.1 Å². The second-order valence-electron chi connectivity index (χ2n) is 12.0. The SMILES string of the molecule is CC(=O)OC[C@H]1C[C@@]1(C(=O)O)C(=O)O[C@@](Cn1cncn1)(c1ccc(F)cc1F)[C@@H](C)S[C@H]1CO[C@H](/C=C/C=C/c2ccc(C#N)cc2F)OC1. The fourth-order valence-corrected chi connectivity index (χ4v) is 7.09. The van der Waals surface area contributed by atoms with Gasteiger partial charge in [0.15, 0.2) is 17.3 Å². The summed E-state index contributed by atoms with van der Waals surface area (Å²) < 4.78 is 68.1. The Kier molecular flexibility index (Phi) is 11.6. The molecule has 2 heterocycles. The third kappa shape index (κ3) is 8.50. The normalized spacial score (nSPS) is 23.3. The van der Waals surface area contributed by atoms with Crippen molar-refractivity contribution in [2.75, 3.05) is 19.8 Å². The molecule has 268 valence electrons. The number of nitriles is 1. The lowest BCUT2D eigenvalue weighted by Gasteiger charge is -2.41. The minimum absolute atomic E-state index is 0.140. The standard InChI is InChI=1S/C35H33F3N4O8S/c1-21(51-27-16-48-31(49-17-27)6-4-3-5-24-8-7-23(14-39)11-29(24)37)35(18-42-20-40-19-41-42,28-10-9-26(36)12-30(28)38)50-33(46)34(32(44)45)13-25(34)15-47-22(2)43/h3-12,19-21,25,27,31H,13,15-18H2,1-2H3,(H,44,45)/b5-3+,6-4+/t21-,25-,27-,31-,34-,35-/m1/s1. The number of carbonyl (C=O) groups excluding carboxylic acids is 2. The molecule has 4 atom stereocenters. The van der Waals surface area contributed by atoms with E-state index in [0.717, 1.165) is 25.1 Å². The maximum Gasteiger partial charge on any atom is 0.324 e. The Morgan fingerprint density at radius 2 is 1.94 bits per heavy atom. The summed E-state index contributed by atoms with van der Waals surface area (Å²) in [6, 6.07) is 8.77. The number of hydrogen-bond acceptors (Lipinski definition) is 11. The Morgan fingerprint density at radius 3 is 2.57 bits per heavy atom. The van der Waals surface area contributed by atoms with Gasteiger partial charge in [-0.15, -0.1) is 11.8 Å². The summed E-state index contributed by atoms with van der Waals surface area (Å²) in [5, 5.41) is 21.9. The van der Waals surface area contributed by atoms with Crippen LogP contribution in [-0.2, 0) is 45.5 Å². The number of hydrogen-bond donors (Lipinski definition) is 1. The Labute approximate surface area is 294 Å². The molecule has 0 bridgehead atoms. The van der Waals surface area contributed by atoms with Gasteiger partial charge >= 0.3 is 17.9 Å². The first-order chi connectivity index (χ1) is 24.4. The largest absolute Gasteiger partial charge is 0.480 e. The third-order valence-electron chi connectivity index (χ3n) is 8.59. The average Bonchev–Trinajstić information content (AvgIpc) is 3.63. The van der Waals surface area contributed by atoms with E-state index in [9.17, 15) is 28.3 Å². The van der Waals surface area contributed by atoms with E-state index in [0.29, 0.717) is 6.07 Å². The van der Waals surface area contributed by atoms with Gasteiger partial charge in [-0.3, -0.25) is 14.4 Å². The fourth-order valence-electron chi connectivity index (χ4n) is 5.73. The first-order valence-corrected chi connectivity index (χ1v) is 16.6. The highest BCUT2D eigenvalue weighted by Gasteiger charge is 2.69. The van der Waals surface area contributed by atoms with E-state index in [2.05, 4.69) is 10.1 Å². The lowest BCUT2D eigenvalue weighted by Crippen LogP contribution is -2.49. The van der Waals surface area contributed by atoms with Crippen molar-refractivity contribution in [3.8, 4) is 6.07 Å². The van der Waals surface area contributed by atoms with Gasteiger partial charge in [-0.2, -0.15) is 10.4 Å². The molecular weight excluding hydrogens is 693 g/mol. The van der Waals surface area contributed by atoms with Crippen LogP contribution in [0.25, 0.3) is 6.08 Å². The van der Waals surface area contributed by atoms with Crippen molar-refractivity contribution in [2.24, 2.45) is 11.3 Å².